The lowest BCUT2D eigenvalue weighted by Gasteiger charge is -2.06. The van der Waals surface area contributed by atoms with E-state index < -0.39 is 10.8 Å². The number of rotatable bonds is 5. The molecule has 1 aromatic heterocycles. The van der Waals surface area contributed by atoms with E-state index in [0.717, 1.165) is 11.1 Å². The third kappa shape index (κ3) is 4.34. The first kappa shape index (κ1) is 20.8. The Morgan fingerprint density at radius 2 is 1.91 bits per heavy atom. The van der Waals surface area contributed by atoms with E-state index >= 15 is 0 Å². The van der Waals surface area contributed by atoms with Gasteiger partial charge in [-0.15, -0.1) is 0 Å². The summed E-state index contributed by atoms with van der Waals surface area (Å²) in [5.41, 5.74) is 4.68. The minimum atomic E-state index is -0.496. The molecule has 0 radical (unpaired) electrons. The third-order valence-electron chi connectivity index (χ3n) is 5.01. The van der Waals surface area contributed by atoms with Crippen molar-refractivity contribution < 1.29 is 19.2 Å². The number of anilines is 1. The van der Waals surface area contributed by atoms with Gasteiger partial charge in [-0.2, -0.15) is 0 Å². The molecule has 3 aromatic carbocycles. The van der Waals surface area contributed by atoms with Gasteiger partial charge in [0.05, 0.1) is 10.5 Å². The molecule has 0 aliphatic rings. The topological polar surface area (TPSA) is 118 Å². The lowest BCUT2D eigenvalue weighted by atomic mass is 10.1. The van der Waals surface area contributed by atoms with Crippen molar-refractivity contribution in [1.82, 2.24) is 4.98 Å². The second-order valence-corrected chi connectivity index (χ2v) is 7.33. The van der Waals surface area contributed by atoms with Crippen molar-refractivity contribution in [3.63, 3.8) is 0 Å². The largest absolute Gasteiger partial charge is 0.507 e. The number of carbonyl (C=O) groups excluding carboxylic acids is 1. The zero-order chi connectivity index (χ0) is 22.8. The molecule has 160 valence electrons. The molecule has 0 saturated carbocycles. The van der Waals surface area contributed by atoms with E-state index in [1.165, 1.54) is 30.4 Å². The molecule has 0 bridgehead atoms. The van der Waals surface area contributed by atoms with Crippen LogP contribution in [0.4, 0.5) is 11.4 Å². The van der Waals surface area contributed by atoms with Crippen molar-refractivity contribution in [3.05, 3.63) is 87.5 Å². The molecule has 8 nitrogen and oxygen atoms in total. The molecule has 0 saturated heterocycles. The van der Waals surface area contributed by atoms with E-state index in [0.29, 0.717) is 27.9 Å². The second-order valence-electron chi connectivity index (χ2n) is 7.33. The van der Waals surface area contributed by atoms with Crippen LogP contribution in [-0.2, 0) is 4.79 Å². The zero-order valence-corrected chi connectivity index (χ0v) is 17.3. The lowest BCUT2D eigenvalue weighted by molar-refractivity contribution is -0.384. The highest BCUT2D eigenvalue weighted by Gasteiger charge is 2.14. The summed E-state index contributed by atoms with van der Waals surface area (Å²) in [7, 11) is 0. The van der Waals surface area contributed by atoms with Crippen LogP contribution in [0.5, 0.6) is 5.75 Å². The van der Waals surface area contributed by atoms with Crippen LogP contribution in [0.1, 0.15) is 16.7 Å². The summed E-state index contributed by atoms with van der Waals surface area (Å²) in [6.07, 6.45) is 2.76. The molecule has 4 aromatic rings. The van der Waals surface area contributed by atoms with Gasteiger partial charge in [-0.05, 0) is 66.9 Å². The number of phenols is 1. The zero-order valence-electron chi connectivity index (χ0n) is 17.3. The fourth-order valence-corrected chi connectivity index (χ4v) is 3.18. The Balaban J connectivity index is 1.56. The predicted molar refractivity (Wildman–Crippen MR) is 121 cm³/mol. The van der Waals surface area contributed by atoms with Crippen molar-refractivity contribution in [2.75, 3.05) is 5.32 Å². The summed E-state index contributed by atoms with van der Waals surface area (Å²) >= 11 is 0. The number of non-ortho nitro benzene ring substituents is 1. The number of oxazole rings is 1. The van der Waals surface area contributed by atoms with Crippen LogP contribution in [0.15, 0.2) is 65.1 Å². The van der Waals surface area contributed by atoms with Gasteiger partial charge < -0.3 is 14.8 Å². The Labute approximate surface area is 183 Å². The quantitative estimate of drug-likeness (QED) is 0.190. The number of nitro benzene ring substituents is 1. The van der Waals surface area contributed by atoms with Gasteiger partial charge in [-0.3, -0.25) is 14.9 Å². The number of amides is 1. The van der Waals surface area contributed by atoms with Crippen LogP contribution in [0.2, 0.25) is 0 Å². The molecule has 1 amide bonds. The molecule has 0 aliphatic carbocycles. The van der Waals surface area contributed by atoms with Crippen LogP contribution in [-0.4, -0.2) is 20.9 Å². The number of phenolic OH excluding ortho intramolecular Hbond substituents is 1. The Morgan fingerprint density at radius 1 is 1.12 bits per heavy atom. The highest BCUT2D eigenvalue weighted by atomic mass is 16.6. The minimum absolute atomic E-state index is 0.0323. The van der Waals surface area contributed by atoms with Crippen molar-refractivity contribution >= 4 is 34.5 Å². The fraction of sp³-hybridized carbons (Fsp3) is 0.0833. The number of nitro groups is 1. The van der Waals surface area contributed by atoms with E-state index in [2.05, 4.69) is 10.3 Å². The number of carbonyl (C=O) groups is 1. The molecule has 4 rings (SSSR count). The van der Waals surface area contributed by atoms with Gasteiger partial charge in [-0.25, -0.2) is 4.98 Å². The Hall–Kier alpha value is -4.46. The predicted octanol–water partition coefficient (Wildman–Crippen LogP) is 5.38. The number of hydrogen-bond acceptors (Lipinski definition) is 6. The first-order valence-electron chi connectivity index (χ1n) is 9.75. The molecule has 0 atom stereocenters. The van der Waals surface area contributed by atoms with E-state index in [1.54, 1.807) is 24.3 Å². The number of nitrogens with one attached hydrogen (secondary N) is 1. The van der Waals surface area contributed by atoms with E-state index in [1.807, 2.05) is 26.0 Å². The number of fused-ring (bicyclic) bond motifs is 1. The van der Waals surface area contributed by atoms with Gasteiger partial charge in [0.25, 0.3) is 5.69 Å². The highest BCUT2D eigenvalue weighted by Crippen LogP contribution is 2.34. The van der Waals surface area contributed by atoms with Crippen molar-refractivity contribution in [2.24, 2.45) is 0 Å². The van der Waals surface area contributed by atoms with Gasteiger partial charge in [0.1, 0.15) is 11.3 Å². The van der Waals surface area contributed by atoms with Crippen molar-refractivity contribution in [1.29, 1.82) is 0 Å². The summed E-state index contributed by atoms with van der Waals surface area (Å²) in [5.74, 6) is -0.224. The molecule has 0 aliphatic heterocycles. The van der Waals surface area contributed by atoms with Crippen molar-refractivity contribution in [3.8, 4) is 17.2 Å². The fourth-order valence-electron chi connectivity index (χ4n) is 3.18. The SMILES string of the molecule is Cc1cc2nc(-c3cc(NC(=O)C=Cc4cccc([N+](=O)[O-])c4)ccc3O)oc2cc1C. The van der Waals surface area contributed by atoms with E-state index in [4.69, 9.17) is 4.42 Å². The minimum Gasteiger partial charge on any atom is -0.507 e. The molecule has 8 heteroatoms. The molecule has 0 spiro atoms. The normalized spacial score (nSPS) is 11.2. The molecule has 1 heterocycles. The van der Waals surface area contributed by atoms with E-state index in [9.17, 15) is 20.0 Å². The van der Waals surface area contributed by atoms with Gasteiger partial charge in [-0.1, -0.05) is 12.1 Å². The molecule has 0 fully saturated rings. The summed E-state index contributed by atoms with van der Waals surface area (Å²) in [5, 5.41) is 23.9. The van der Waals surface area contributed by atoms with Gasteiger partial charge in [0.2, 0.25) is 11.8 Å². The average Bonchev–Trinajstić information content (AvgIpc) is 3.16. The third-order valence-corrected chi connectivity index (χ3v) is 5.01. The molecular weight excluding hydrogens is 410 g/mol. The number of hydrogen-bond donors (Lipinski definition) is 2. The molecule has 0 unspecified atom stereocenters. The monoisotopic (exact) mass is 429 g/mol. The molecular formula is C24H19N3O5. The average molecular weight is 429 g/mol. The Morgan fingerprint density at radius 3 is 2.69 bits per heavy atom. The number of aryl methyl sites for hydroxylation is 2. The van der Waals surface area contributed by atoms with Gasteiger partial charge in [0.15, 0.2) is 5.58 Å². The van der Waals surface area contributed by atoms with Crippen LogP contribution in [0, 0.1) is 24.0 Å². The highest BCUT2D eigenvalue weighted by molar-refractivity contribution is 6.02. The van der Waals surface area contributed by atoms with Crippen molar-refractivity contribution in [2.45, 2.75) is 13.8 Å². The number of nitrogens with zero attached hydrogens (tertiary/aromatic N) is 2. The maximum Gasteiger partial charge on any atom is 0.270 e. The molecule has 32 heavy (non-hydrogen) atoms. The maximum absolute atomic E-state index is 12.3. The number of aromatic nitrogens is 1. The van der Waals surface area contributed by atoms with Crippen LogP contribution >= 0.6 is 0 Å². The summed E-state index contributed by atoms with van der Waals surface area (Å²) in [4.78, 5) is 27.1. The summed E-state index contributed by atoms with van der Waals surface area (Å²) in [6, 6.07) is 14.3. The van der Waals surface area contributed by atoms with Crippen LogP contribution in [0.25, 0.3) is 28.6 Å². The first-order chi connectivity index (χ1) is 15.3. The lowest BCUT2D eigenvalue weighted by Crippen LogP contribution is -2.07. The smallest absolute Gasteiger partial charge is 0.270 e. The van der Waals surface area contributed by atoms with Crippen LogP contribution in [0.3, 0.4) is 0 Å². The molecule has 2 N–H and O–H groups in total. The number of aromatic hydroxyl groups is 1. The standard InChI is InChI=1S/C24H19N3O5/c1-14-10-20-22(11-15(14)2)32-24(26-20)19-13-17(7-8-21(19)28)25-23(29)9-6-16-4-3-5-18(12-16)27(30)31/h3-13,28H,1-2H3,(H,25,29). The van der Waals surface area contributed by atoms with E-state index in [-0.39, 0.29) is 17.3 Å². The Bertz CT molecular complexity index is 1350. The Kier molecular flexibility index (Phi) is 5.43. The van der Waals surface area contributed by atoms with Crippen LogP contribution < -0.4 is 5.32 Å². The van der Waals surface area contributed by atoms with Gasteiger partial charge >= 0.3 is 0 Å². The number of benzene rings is 3. The first-order valence-corrected chi connectivity index (χ1v) is 9.75. The second kappa shape index (κ2) is 8.35. The maximum atomic E-state index is 12.3. The summed E-state index contributed by atoms with van der Waals surface area (Å²) in [6.45, 7) is 3.96. The summed E-state index contributed by atoms with van der Waals surface area (Å²) < 4.78 is 5.81. The van der Waals surface area contributed by atoms with Gasteiger partial charge in [0, 0.05) is 23.9 Å².